The lowest BCUT2D eigenvalue weighted by Crippen LogP contribution is -2.13. The van der Waals surface area contributed by atoms with Crippen LogP contribution in [0.4, 0.5) is 0 Å². The van der Waals surface area contributed by atoms with E-state index in [-0.39, 0.29) is 4.90 Å². The Morgan fingerprint density at radius 1 is 0.895 bits per heavy atom. The summed E-state index contributed by atoms with van der Waals surface area (Å²) < 4.78 is 29.8. The maximum absolute atomic E-state index is 12.1. The average Bonchev–Trinajstić information content (AvgIpc) is 2.40. The predicted octanol–water partition coefficient (Wildman–Crippen LogP) is 3.66. The Kier molecular flexibility index (Phi) is 3.90. The van der Waals surface area contributed by atoms with Gasteiger partial charge in [0.25, 0.3) is 0 Å². The van der Waals surface area contributed by atoms with Crippen LogP contribution >= 0.6 is 0 Å². The highest BCUT2D eigenvalue weighted by Gasteiger charge is 2.19. The molecule has 0 aromatic heterocycles. The van der Waals surface area contributed by atoms with Gasteiger partial charge >= 0.3 is 0 Å². The summed E-state index contributed by atoms with van der Waals surface area (Å²) >= 11 is 0. The molecule has 0 spiro atoms. The number of sulfone groups is 1. The zero-order valence-corrected chi connectivity index (χ0v) is 11.7. The van der Waals surface area contributed by atoms with Crippen molar-refractivity contribution in [2.75, 3.05) is 0 Å². The molecule has 0 radical (unpaired) electrons. The molecule has 2 rings (SSSR count). The van der Waals surface area contributed by atoms with E-state index in [1.165, 1.54) is 0 Å². The average molecular weight is 276 g/mol. The molecule has 0 fully saturated rings. The first-order valence-corrected chi connectivity index (χ1v) is 7.61. The summed E-state index contributed by atoms with van der Waals surface area (Å²) in [6.07, 6.45) is 0. The van der Waals surface area contributed by atoms with Crippen molar-refractivity contribution in [2.45, 2.75) is 24.0 Å². The van der Waals surface area contributed by atoms with Crippen LogP contribution in [0.3, 0.4) is 0 Å². The predicted molar refractivity (Wildman–Crippen MR) is 75.3 cm³/mol. The third-order valence-electron chi connectivity index (χ3n) is 2.73. The molecule has 3 nitrogen and oxygen atoms in total. The second kappa shape index (κ2) is 5.45. The van der Waals surface area contributed by atoms with Crippen LogP contribution < -0.4 is 4.74 Å². The Morgan fingerprint density at radius 2 is 1.53 bits per heavy atom. The van der Waals surface area contributed by atoms with Crippen molar-refractivity contribution in [3.63, 3.8) is 0 Å². The maximum atomic E-state index is 12.1. The van der Waals surface area contributed by atoms with Gasteiger partial charge in [0.15, 0.2) is 9.84 Å². The molecule has 0 aliphatic heterocycles. The Bertz CT molecular complexity index is 646. The fourth-order valence-electron chi connectivity index (χ4n) is 1.61. The van der Waals surface area contributed by atoms with Crippen molar-refractivity contribution in [3.05, 3.63) is 54.6 Å². The Morgan fingerprint density at radius 3 is 2.16 bits per heavy atom. The normalized spacial score (nSPS) is 11.5. The molecule has 4 heteroatoms. The summed E-state index contributed by atoms with van der Waals surface area (Å²) in [5, 5.41) is -0.445. The first-order valence-electron chi connectivity index (χ1n) is 6.07. The molecule has 0 aliphatic carbocycles. The van der Waals surface area contributed by atoms with Gasteiger partial charge in [-0.1, -0.05) is 24.3 Å². The van der Waals surface area contributed by atoms with Crippen LogP contribution in [0, 0.1) is 0 Å². The quantitative estimate of drug-likeness (QED) is 0.856. The molecule has 0 saturated carbocycles. The van der Waals surface area contributed by atoms with Gasteiger partial charge in [0.1, 0.15) is 11.5 Å². The Balaban J connectivity index is 2.31. The summed E-state index contributed by atoms with van der Waals surface area (Å²) in [6.45, 7) is 3.33. The molecule has 0 aliphatic rings. The Hall–Kier alpha value is -1.81. The van der Waals surface area contributed by atoms with Gasteiger partial charge in [0, 0.05) is 0 Å². The molecule has 0 N–H and O–H groups in total. The van der Waals surface area contributed by atoms with Crippen LogP contribution in [0.5, 0.6) is 11.5 Å². The number of hydrogen-bond acceptors (Lipinski definition) is 3. The summed E-state index contributed by atoms with van der Waals surface area (Å²) in [4.78, 5) is 0.288. The van der Waals surface area contributed by atoms with E-state index in [0.717, 1.165) is 0 Å². The van der Waals surface area contributed by atoms with Crippen LogP contribution in [0.1, 0.15) is 13.8 Å². The molecule has 2 aromatic rings. The third-order valence-corrected chi connectivity index (χ3v) is 4.89. The zero-order valence-electron chi connectivity index (χ0n) is 10.9. The van der Waals surface area contributed by atoms with Gasteiger partial charge < -0.3 is 4.74 Å². The van der Waals surface area contributed by atoms with E-state index in [1.807, 2.05) is 30.3 Å². The van der Waals surface area contributed by atoms with Gasteiger partial charge in [0.2, 0.25) is 0 Å². The fraction of sp³-hybridized carbons (Fsp3) is 0.200. The smallest absolute Gasteiger partial charge is 0.180 e. The van der Waals surface area contributed by atoms with Crippen molar-refractivity contribution in [1.82, 2.24) is 0 Å². The highest BCUT2D eigenvalue weighted by atomic mass is 32.2. The van der Waals surface area contributed by atoms with Crippen molar-refractivity contribution in [2.24, 2.45) is 0 Å². The molecule has 100 valence electrons. The minimum Gasteiger partial charge on any atom is -0.457 e. The monoisotopic (exact) mass is 276 g/mol. The molecule has 19 heavy (non-hydrogen) atoms. The molecular formula is C15H16O3S. The largest absolute Gasteiger partial charge is 0.457 e. The summed E-state index contributed by atoms with van der Waals surface area (Å²) in [5.74, 6) is 1.20. The highest BCUT2D eigenvalue weighted by molar-refractivity contribution is 7.92. The molecule has 0 amide bonds. The lowest BCUT2D eigenvalue weighted by molar-refractivity contribution is 0.480. The second-order valence-electron chi connectivity index (χ2n) is 4.48. The molecule has 0 saturated heterocycles. The lowest BCUT2D eigenvalue weighted by Gasteiger charge is -2.10. The van der Waals surface area contributed by atoms with Crippen molar-refractivity contribution >= 4 is 9.84 Å². The molecule has 0 atom stereocenters. The number of rotatable bonds is 4. The van der Waals surface area contributed by atoms with Crippen LogP contribution in [0.15, 0.2) is 59.5 Å². The van der Waals surface area contributed by atoms with Crippen molar-refractivity contribution in [1.29, 1.82) is 0 Å². The number of benzene rings is 2. The van der Waals surface area contributed by atoms with E-state index >= 15 is 0 Å². The first kappa shape index (κ1) is 13.6. The molecule has 0 unspecified atom stereocenters. The minimum atomic E-state index is -3.27. The molecule has 2 aromatic carbocycles. The minimum absolute atomic E-state index is 0.288. The van der Waals surface area contributed by atoms with Crippen LogP contribution in [0.25, 0.3) is 0 Å². The summed E-state index contributed by atoms with van der Waals surface area (Å²) in [7, 11) is -3.27. The summed E-state index contributed by atoms with van der Waals surface area (Å²) in [5.41, 5.74) is 0. The first-order chi connectivity index (χ1) is 9.00. The molecular weight excluding hydrogens is 260 g/mol. The van der Waals surface area contributed by atoms with E-state index < -0.39 is 15.1 Å². The number of para-hydroxylation sites is 1. The second-order valence-corrected chi connectivity index (χ2v) is 6.99. The third kappa shape index (κ3) is 3.15. The topological polar surface area (TPSA) is 43.4 Å². The van der Waals surface area contributed by atoms with E-state index in [4.69, 9.17) is 4.74 Å². The highest BCUT2D eigenvalue weighted by Crippen LogP contribution is 2.25. The fourth-order valence-corrected chi connectivity index (χ4v) is 2.70. The van der Waals surface area contributed by atoms with Crippen LogP contribution in [0.2, 0.25) is 0 Å². The number of hydrogen-bond donors (Lipinski definition) is 0. The van der Waals surface area contributed by atoms with Gasteiger partial charge in [-0.15, -0.1) is 0 Å². The van der Waals surface area contributed by atoms with E-state index in [2.05, 4.69) is 0 Å². The van der Waals surface area contributed by atoms with Crippen LogP contribution in [-0.4, -0.2) is 13.7 Å². The van der Waals surface area contributed by atoms with Gasteiger partial charge in [0.05, 0.1) is 10.1 Å². The maximum Gasteiger partial charge on any atom is 0.180 e. The zero-order chi connectivity index (χ0) is 13.9. The van der Waals surface area contributed by atoms with Crippen molar-refractivity contribution < 1.29 is 13.2 Å². The Labute approximate surface area is 113 Å². The molecule has 0 heterocycles. The van der Waals surface area contributed by atoms with Gasteiger partial charge in [-0.2, -0.15) is 0 Å². The SMILES string of the molecule is CC(C)S(=O)(=O)c1cccc(Oc2ccccc2)c1. The van der Waals surface area contributed by atoms with Crippen LogP contribution in [-0.2, 0) is 9.84 Å². The number of ether oxygens (including phenoxy) is 1. The summed E-state index contributed by atoms with van der Waals surface area (Å²) in [6, 6.07) is 15.9. The lowest BCUT2D eigenvalue weighted by atomic mass is 10.3. The van der Waals surface area contributed by atoms with E-state index in [0.29, 0.717) is 11.5 Å². The van der Waals surface area contributed by atoms with Gasteiger partial charge in [-0.3, -0.25) is 0 Å². The molecule has 0 bridgehead atoms. The van der Waals surface area contributed by atoms with Gasteiger partial charge in [-0.05, 0) is 44.2 Å². The van der Waals surface area contributed by atoms with E-state index in [9.17, 15) is 8.42 Å². The van der Waals surface area contributed by atoms with Crippen molar-refractivity contribution in [3.8, 4) is 11.5 Å². The van der Waals surface area contributed by atoms with Gasteiger partial charge in [-0.25, -0.2) is 8.42 Å². The van der Waals surface area contributed by atoms with E-state index in [1.54, 1.807) is 38.1 Å². The standard InChI is InChI=1S/C15H16O3S/c1-12(2)19(16,17)15-10-6-9-14(11-15)18-13-7-4-3-5-8-13/h3-12H,1-2H3.